The van der Waals surface area contributed by atoms with Gasteiger partial charge in [0, 0.05) is 25.2 Å². The van der Waals surface area contributed by atoms with E-state index in [2.05, 4.69) is 43.1 Å². The first-order valence-corrected chi connectivity index (χ1v) is 10.2. The molecule has 0 aromatic heterocycles. The van der Waals surface area contributed by atoms with Crippen LogP contribution >= 0.6 is 0 Å². The summed E-state index contributed by atoms with van der Waals surface area (Å²) >= 11 is 0. The van der Waals surface area contributed by atoms with E-state index in [4.69, 9.17) is 4.74 Å². The van der Waals surface area contributed by atoms with Gasteiger partial charge in [0.2, 0.25) is 5.78 Å². The normalized spacial score (nSPS) is 16.2. The summed E-state index contributed by atoms with van der Waals surface area (Å²) in [6, 6.07) is 17.4. The van der Waals surface area contributed by atoms with E-state index >= 15 is 0 Å². The monoisotopic (exact) mass is 394 g/mol. The Morgan fingerprint density at radius 3 is 2.21 bits per heavy atom. The quantitative estimate of drug-likeness (QED) is 0.603. The molecule has 0 saturated carbocycles. The lowest BCUT2D eigenvalue weighted by Gasteiger charge is -2.34. The van der Waals surface area contributed by atoms with Crippen LogP contribution < -0.4 is 5.32 Å². The topological polar surface area (TPSA) is 58.6 Å². The molecule has 29 heavy (non-hydrogen) atoms. The van der Waals surface area contributed by atoms with Crippen LogP contribution in [0, 0.1) is 0 Å². The second kappa shape index (κ2) is 9.33. The highest BCUT2D eigenvalue weighted by atomic mass is 16.5. The Morgan fingerprint density at radius 1 is 1.00 bits per heavy atom. The van der Waals surface area contributed by atoms with Crippen molar-refractivity contribution >= 4 is 11.7 Å². The van der Waals surface area contributed by atoms with E-state index < -0.39 is 11.7 Å². The molecular formula is C24H30N2O3. The molecule has 5 heteroatoms. The minimum Gasteiger partial charge on any atom is -0.379 e. The Labute approximate surface area is 173 Å². The predicted octanol–water partition coefficient (Wildman–Crippen LogP) is 3.36. The van der Waals surface area contributed by atoms with E-state index in [0.29, 0.717) is 25.3 Å². The van der Waals surface area contributed by atoms with Crippen molar-refractivity contribution < 1.29 is 14.3 Å². The molecule has 1 fully saturated rings. The number of nitrogens with one attached hydrogen (secondary N) is 1. The number of rotatable bonds is 6. The third kappa shape index (κ3) is 5.52. The van der Waals surface area contributed by atoms with Crippen molar-refractivity contribution in [1.82, 2.24) is 10.2 Å². The second-order valence-electron chi connectivity index (χ2n) is 8.44. The molecule has 3 rings (SSSR count). The number of carbonyl (C=O) groups is 2. The highest BCUT2D eigenvalue weighted by Gasteiger charge is 2.25. The molecule has 1 aliphatic heterocycles. The number of ketones is 1. The lowest BCUT2D eigenvalue weighted by Crippen LogP contribution is -2.44. The van der Waals surface area contributed by atoms with E-state index in [1.807, 2.05) is 30.3 Å². The summed E-state index contributed by atoms with van der Waals surface area (Å²) in [4.78, 5) is 27.4. The van der Waals surface area contributed by atoms with Gasteiger partial charge in [0.05, 0.1) is 19.3 Å². The number of benzene rings is 2. The van der Waals surface area contributed by atoms with Crippen LogP contribution in [0.1, 0.15) is 48.3 Å². The van der Waals surface area contributed by atoms with Gasteiger partial charge in [-0.2, -0.15) is 0 Å². The van der Waals surface area contributed by atoms with Gasteiger partial charge < -0.3 is 10.1 Å². The Hall–Kier alpha value is -2.50. The zero-order valence-electron chi connectivity index (χ0n) is 17.5. The smallest absolute Gasteiger partial charge is 0.292 e. The maximum Gasteiger partial charge on any atom is 0.292 e. The fraction of sp³-hybridized carbons (Fsp3) is 0.417. The molecule has 154 valence electrons. The zero-order valence-corrected chi connectivity index (χ0v) is 17.5. The van der Waals surface area contributed by atoms with Crippen LogP contribution in [0.15, 0.2) is 54.6 Å². The van der Waals surface area contributed by atoms with E-state index in [1.165, 1.54) is 0 Å². The lowest BCUT2D eigenvalue weighted by atomic mass is 9.86. The molecule has 0 bridgehead atoms. The number of Topliss-reactive ketones (excluding diaryl/α,β-unsaturated/α-hetero) is 1. The molecule has 1 unspecified atom stereocenters. The second-order valence-corrected chi connectivity index (χ2v) is 8.44. The van der Waals surface area contributed by atoms with Crippen LogP contribution in [0.3, 0.4) is 0 Å². The standard InChI is InChI=1S/C24H30N2O3/c1-24(2,3)20-11-9-19(10-12-20)22(27)23(28)25-17-21(18-7-5-4-6-8-18)26-13-15-29-16-14-26/h4-12,21H,13-17H2,1-3H3,(H,25,28). The summed E-state index contributed by atoms with van der Waals surface area (Å²) in [6.45, 7) is 9.69. The summed E-state index contributed by atoms with van der Waals surface area (Å²) in [5.74, 6) is -1.07. The molecule has 2 aromatic carbocycles. The summed E-state index contributed by atoms with van der Waals surface area (Å²) in [6.07, 6.45) is 0. The average molecular weight is 395 g/mol. The number of nitrogens with zero attached hydrogens (tertiary/aromatic N) is 1. The highest BCUT2D eigenvalue weighted by Crippen LogP contribution is 2.23. The molecule has 2 aromatic rings. The number of morpholine rings is 1. The molecule has 5 nitrogen and oxygen atoms in total. The maximum atomic E-state index is 12.6. The van der Waals surface area contributed by atoms with Gasteiger partial charge in [-0.15, -0.1) is 0 Å². The number of carbonyl (C=O) groups excluding carboxylic acids is 2. The Kier molecular flexibility index (Phi) is 6.83. The number of hydrogen-bond acceptors (Lipinski definition) is 4. The molecule has 0 radical (unpaired) electrons. The van der Waals surface area contributed by atoms with Crippen molar-refractivity contribution in [3.05, 3.63) is 71.3 Å². The van der Waals surface area contributed by atoms with E-state index in [1.54, 1.807) is 12.1 Å². The number of amides is 1. The van der Waals surface area contributed by atoms with Gasteiger partial charge in [-0.3, -0.25) is 14.5 Å². The van der Waals surface area contributed by atoms with Gasteiger partial charge in [-0.25, -0.2) is 0 Å². The molecule has 0 aliphatic carbocycles. The van der Waals surface area contributed by atoms with Crippen molar-refractivity contribution in [3.63, 3.8) is 0 Å². The molecular weight excluding hydrogens is 364 g/mol. The Morgan fingerprint density at radius 2 is 1.62 bits per heavy atom. The first-order chi connectivity index (χ1) is 13.9. The molecule has 1 saturated heterocycles. The van der Waals surface area contributed by atoms with Crippen molar-refractivity contribution in [1.29, 1.82) is 0 Å². The van der Waals surface area contributed by atoms with Crippen molar-refractivity contribution in [3.8, 4) is 0 Å². The summed E-state index contributed by atoms with van der Waals surface area (Å²) in [5.41, 5.74) is 2.67. The van der Waals surface area contributed by atoms with Crippen molar-refractivity contribution in [2.75, 3.05) is 32.8 Å². The zero-order chi connectivity index (χ0) is 20.9. The fourth-order valence-corrected chi connectivity index (χ4v) is 3.54. The van der Waals surface area contributed by atoms with Crippen LogP contribution in [0.5, 0.6) is 0 Å². The van der Waals surface area contributed by atoms with Gasteiger partial charge in [0.15, 0.2) is 0 Å². The molecule has 0 spiro atoms. The minimum atomic E-state index is -0.567. The maximum absolute atomic E-state index is 12.6. The van der Waals surface area contributed by atoms with Crippen LogP contribution in [0.2, 0.25) is 0 Å². The van der Waals surface area contributed by atoms with Gasteiger partial charge in [0.25, 0.3) is 5.91 Å². The molecule has 1 N–H and O–H groups in total. The molecule has 1 amide bonds. The minimum absolute atomic E-state index is 0.00486. The molecule has 1 heterocycles. The van der Waals surface area contributed by atoms with Crippen LogP contribution in [-0.4, -0.2) is 49.4 Å². The van der Waals surface area contributed by atoms with Gasteiger partial charge in [-0.1, -0.05) is 75.4 Å². The third-order valence-electron chi connectivity index (χ3n) is 5.35. The van der Waals surface area contributed by atoms with Crippen LogP contribution in [0.25, 0.3) is 0 Å². The number of hydrogen-bond donors (Lipinski definition) is 1. The Bertz CT molecular complexity index is 819. The largest absolute Gasteiger partial charge is 0.379 e. The average Bonchev–Trinajstić information content (AvgIpc) is 2.74. The first-order valence-electron chi connectivity index (χ1n) is 10.2. The highest BCUT2D eigenvalue weighted by molar-refractivity contribution is 6.42. The molecule has 1 aliphatic rings. The van der Waals surface area contributed by atoms with Gasteiger partial charge >= 0.3 is 0 Å². The summed E-state index contributed by atoms with van der Waals surface area (Å²) < 4.78 is 5.46. The van der Waals surface area contributed by atoms with Crippen molar-refractivity contribution in [2.45, 2.75) is 32.2 Å². The van der Waals surface area contributed by atoms with E-state index in [0.717, 1.165) is 24.2 Å². The number of ether oxygens (including phenoxy) is 1. The van der Waals surface area contributed by atoms with E-state index in [-0.39, 0.29) is 11.5 Å². The fourth-order valence-electron chi connectivity index (χ4n) is 3.54. The van der Waals surface area contributed by atoms with Gasteiger partial charge in [-0.05, 0) is 16.5 Å². The van der Waals surface area contributed by atoms with Crippen molar-refractivity contribution in [2.24, 2.45) is 0 Å². The van der Waals surface area contributed by atoms with E-state index in [9.17, 15) is 9.59 Å². The van der Waals surface area contributed by atoms with Gasteiger partial charge in [0.1, 0.15) is 0 Å². The predicted molar refractivity (Wildman–Crippen MR) is 114 cm³/mol. The SMILES string of the molecule is CC(C)(C)c1ccc(C(=O)C(=O)NCC(c2ccccc2)N2CCOCC2)cc1. The first kappa shape index (κ1) is 21.2. The summed E-state index contributed by atoms with van der Waals surface area (Å²) in [5, 5.41) is 2.85. The summed E-state index contributed by atoms with van der Waals surface area (Å²) in [7, 11) is 0. The Balaban J connectivity index is 1.67. The van der Waals surface area contributed by atoms with Crippen LogP contribution in [-0.2, 0) is 14.9 Å². The lowest BCUT2D eigenvalue weighted by molar-refractivity contribution is -0.117. The van der Waals surface area contributed by atoms with Crippen LogP contribution in [0.4, 0.5) is 0 Å². The molecule has 1 atom stereocenters. The third-order valence-corrected chi connectivity index (χ3v) is 5.35.